The van der Waals surface area contributed by atoms with Gasteiger partial charge < -0.3 is 19.6 Å². The number of carboxylic acid groups (broad SMARTS) is 1. The molecular weight excluding hydrogens is 513 g/mol. The third-order valence-electron chi connectivity index (χ3n) is 8.55. The van der Waals surface area contributed by atoms with Gasteiger partial charge in [-0.05, 0) is 37.1 Å². The average Bonchev–Trinajstić information content (AvgIpc) is 3.18. The van der Waals surface area contributed by atoms with Crippen molar-refractivity contribution in [2.75, 3.05) is 57.4 Å². The molecule has 3 aliphatic heterocycles. The zero-order valence-electron chi connectivity index (χ0n) is 23.8. The van der Waals surface area contributed by atoms with Gasteiger partial charge in [-0.1, -0.05) is 32.0 Å². The van der Waals surface area contributed by atoms with Crippen molar-refractivity contribution in [1.29, 1.82) is 0 Å². The third kappa shape index (κ3) is 5.84. The van der Waals surface area contributed by atoms with E-state index in [1.54, 1.807) is 18.3 Å². The van der Waals surface area contributed by atoms with Gasteiger partial charge in [-0.3, -0.25) is 19.6 Å². The van der Waals surface area contributed by atoms with Crippen LogP contribution in [0.5, 0.6) is 0 Å². The molecule has 1 aromatic heterocycles. The predicted octanol–water partition coefficient (Wildman–Crippen LogP) is 3.21. The zero-order valence-corrected chi connectivity index (χ0v) is 23.8. The summed E-state index contributed by atoms with van der Waals surface area (Å²) in [6.45, 7) is 12.5. The molecule has 0 unspecified atom stereocenters. The minimum atomic E-state index is -0.929. The average molecular weight is 554 g/mol. The second-order valence-corrected chi connectivity index (χ2v) is 12.1. The number of hydrogen-bond donors (Lipinski definition) is 1. The lowest BCUT2D eigenvalue weighted by molar-refractivity contribution is -0.121. The molecule has 2 saturated heterocycles. The number of amides is 2. The number of benzene rings is 1. The summed E-state index contributed by atoms with van der Waals surface area (Å²) in [5.41, 5.74) is 2.76. The smallest absolute Gasteiger partial charge is 0.407 e. The highest BCUT2D eigenvalue weighted by molar-refractivity contribution is 5.97. The van der Waals surface area contributed by atoms with Gasteiger partial charge in [-0.2, -0.15) is 0 Å². The molecule has 4 heterocycles. The maximum absolute atomic E-state index is 14.3. The van der Waals surface area contributed by atoms with Crippen LogP contribution in [0, 0.1) is 5.82 Å². The van der Waals surface area contributed by atoms with Gasteiger partial charge in [0, 0.05) is 68.9 Å². The first kappa shape index (κ1) is 28.4. The SMILES string of the molecule is C[C@@H]1COCCN1C[C@H]1CN(C(=O)O)[C@H](C)CN1CC(=O)N1CC(C)(C)c2ncc(Cc3ccccc3F)cc21. The van der Waals surface area contributed by atoms with Crippen molar-refractivity contribution in [3.63, 3.8) is 0 Å². The van der Waals surface area contributed by atoms with Gasteiger partial charge in [-0.25, -0.2) is 9.18 Å². The van der Waals surface area contributed by atoms with E-state index in [0.29, 0.717) is 51.4 Å². The Hall–Kier alpha value is -3.08. The predicted molar refractivity (Wildman–Crippen MR) is 150 cm³/mol. The Labute approximate surface area is 235 Å². The van der Waals surface area contributed by atoms with Gasteiger partial charge in [0.1, 0.15) is 5.82 Å². The van der Waals surface area contributed by atoms with Crippen LogP contribution in [-0.4, -0.2) is 107 Å². The monoisotopic (exact) mass is 553 g/mol. The molecule has 2 aromatic rings. The summed E-state index contributed by atoms with van der Waals surface area (Å²) in [7, 11) is 0. The largest absolute Gasteiger partial charge is 0.465 e. The van der Waals surface area contributed by atoms with E-state index in [1.165, 1.54) is 11.0 Å². The Bertz CT molecular complexity index is 1260. The van der Waals surface area contributed by atoms with Crippen LogP contribution in [0.25, 0.3) is 0 Å². The summed E-state index contributed by atoms with van der Waals surface area (Å²) in [6.07, 6.45) is 1.25. The Balaban J connectivity index is 1.37. The number of aromatic nitrogens is 1. The van der Waals surface area contributed by atoms with Crippen LogP contribution in [0.1, 0.15) is 44.5 Å². The fourth-order valence-corrected chi connectivity index (χ4v) is 6.26. The first-order valence-corrected chi connectivity index (χ1v) is 14.1. The van der Waals surface area contributed by atoms with Crippen LogP contribution in [0.15, 0.2) is 36.5 Å². The summed E-state index contributed by atoms with van der Waals surface area (Å²) < 4.78 is 19.9. The summed E-state index contributed by atoms with van der Waals surface area (Å²) in [4.78, 5) is 38.4. The molecule has 3 atom stereocenters. The number of ether oxygens (including phenoxy) is 1. The van der Waals surface area contributed by atoms with E-state index < -0.39 is 6.09 Å². The van der Waals surface area contributed by atoms with E-state index in [9.17, 15) is 19.1 Å². The van der Waals surface area contributed by atoms with Crippen molar-refractivity contribution in [2.24, 2.45) is 0 Å². The van der Waals surface area contributed by atoms with E-state index in [4.69, 9.17) is 9.72 Å². The molecule has 1 N–H and O–H groups in total. The van der Waals surface area contributed by atoms with Gasteiger partial charge in [0.2, 0.25) is 5.91 Å². The number of hydrogen-bond acceptors (Lipinski definition) is 6. The minimum absolute atomic E-state index is 0.0346. The maximum Gasteiger partial charge on any atom is 0.407 e. The van der Waals surface area contributed by atoms with Crippen molar-refractivity contribution in [1.82, 2.24) is 19.7 Å². The molecule has 0 spiro atoms. The van der Waals surface area contributed by atoms with E-state index in [-0.39, 0.29) is 41.8 Å². The fourth-order valence-electron chi connectivity index (χ4n) is 6.26. The van der Waals surface area contributed by atoms with E-state index in [0.717, 1.165) is 23.5 Å². The lowest BCUT2D eigenvalue weighted by atomic mass is 9.91. The molecule has 2 fully saturated rings. The fraction of sp³-hybridized carbons (Fsp3) is 0.567. The number of morpholine rings is 1. The minimum Gasteiger partial charge on any atom is -0.465 e. The van der Waals surface area contributed by atoms with Gasteiger partial charge in [0.15, 0.2) is 0 Å². The Morgan fingerprint density at radius 2 is 1.93 bits per heavy atom. The van der Waals surface area contributed by atoms with Crippen LogP contribution < -0.4 is 4.90 Å². The lowest BCUT2D eigenvalue weighted by Gasteiger charge is -2.47. The second-order valence-electron chi connectivity index (χ2n) is 12.1. The van der Waals surface area contributed by atoms with Crippen molar-refractivity contribution in [2.45, 2.75) is 57.7 Å². The van der Waals surface area contributed by atoms with Crippen molar-refractivity contribution in [3.05, 3.63) is 59.2 Å². The van der Waals surface area contributed by atoms with Gasteiger partial charge in [-0.15, -0.1) is 0 Å². The molecule has 0 bridgehead atoms. The number of carbonyl (C=O) groups excluding carboxylic acids is 1. The van der Waals surface area contributed by atoms with E-state index >= 15 is 0 Å². The molecule has 1 aromatic carbocycles. The molecule has 5 rings (SSSR count). The molecule has 0 aliphatic carbocycles. The molecule has 40 heavy (non-hydrogen) atoms. The molecule has 9 nitrogen and oxygen atoms in total. The summed E-state index contributed by atoms with van der Waals surface area (Å²) in [6, 6.07) is 8.58. The van der Waals surface area contributed by atoms with Crippen molar-refractivity contribution >= 4 is 17.7 Å². The van der Waals surface area contributed by atoms with Crippen LogP contribution in [-0.2, 0) is 21.4 Å². The Morgan fingerprint density at radius 1 is 1.15 bits per heavy atom. The number of anilines is 1. The normalized spacial score (nSPS) is 25.2. The molecule has 10 heteroatoms. The number of rotatable bonds is 6. The number of carbonyl (C=O) groups is 2. The molecule has 3 aliphatic rings. The number of halogens is 1. The van der Waals surface area contributed by atoms with Crippen molar-refractivity contribution in [3.8, 4) is 0 Å². The quantitative estimate of drug-likeness (QED) is 0.588. The number of piperazine rings is 1. The first-order chi connectivity index (χ1) is 19.0. The standard InChI is InChI=1S/C30H40FN5O4/c1-20-14-34(24(16-35(20)29(38)39)15-33-9-10-40-18-21(33)2)17-27(37)36-19-30(3,4)28-26(36)12-22(13-32-28)11-23-7-5-6-8-25(23)31/h5-8,12-13,20-21,24H,9-11,14-19H2,1-4H3,(H,38,39)/t20-,21-,24+/m1/s1. The van der Waals surface area contributed by atoms with Crippen LogP contribution in [0.3, 0.4) is 0 Å². The van der Waals surface area contributed by atoms with Crippen LogP contribution in [0.2, 0.25) is 0 Å². The molecular formula is C30H40FN5O4. The number of fused-ring (bicyclic) bond motifs is 1. The maximum atomic E-state index is 14.3. The third-order valence-corrected chi connectivity index (χ3v) is 8.55. The van der Waals surface area contributed by atoms with Crippen LogP contribution >= 0.6 is 0 Å². The van der Waals surface area contributed by atoms with Crippen molar-refractivity contribution < 1.29 is 23.8 Å². The highest BCUT2D eigenvalue weighted by atomic mass is 19.1. The van der Waals surface area contributed by atoms with Gasteiger partial charge >= 0.3 is 6.09 Å². The summed E-state index contributed by atoms with van der Waals surface area (Å²) in [5, 5.41) is 9.81. The molecule has 216 valence electrons. The van der Waals surface area contributed by atoms with E-state index in [1.807, 2.05) is 24.0 Å². The zero-order chi connectivity index (χ0) is 28.6. The number of nitrogens with zero attached hydrogens (tertiary/aromatic N) is 5. The van der Waals surface area contributed by atoms with E-state index in [2.05, 4.69) is 30.6 Å². The first-order valence-electron chi connectivity index (χ1n) is 14.1. The number of pyridine rings is 1. The van der Waals surface area contributed by atoms with Gasteiger partial charge in [0.25, 0.3) is 0 Å². The highest BCUT2D eigenvalue weighted by Crippen LogP contribution is 2.40. The Kier molecular flexibility index (Phi) is 8.13. The molecule has 0 radical (unpaired) electrons. The molecule has 0 saturated carbocycles. The Morgan fingerprint density at radius 3 is 2.65 bits per heavy atom. The second kappa shape index (κ2) is 11.4. The summed E-state index contributed by atoms with van der Waals surface area (Å²) in [5.74, 6) is -0.292. The summed E-state index contributed by atoms with van der Waals surface area (Å²) >= 11 is 0. The lowest BCUT2D eigenvalue weighted by Crippen LogP contribution is -2.64. The van der Waals surface area contributed by atoms with Crippen LogP contribution in [0.4, 0.5) is 14.9 Å². The van der Waals surface area contributed by atoms with Gasteiger partial charge in [0.05, 0.1) is 31.1 Å². The molecule has 2 amide bonds. The topological polar surface area (TPSA) is 89.5 Å². The highest BCUT2D eigenvalue weighted by Gasteiger charge is 2.42.